The molecule has 0 fully saturated rings. The average molecular weight is 657 g/mol. The summed E-state index contributed by atoms with van der Waals surface area (Å²) >= 11 is 0. The number of unbranched alkanes of at least 4 members (excludes halogenated alkanes) is 8. The van der Waals surface area contributed by atoms with E-state index in [-0.39, 0.29) is 13.0 Å². The van der Waals surface area contributed by atoms with Crippen molar-refractivity contribution in [3.05, 3.63) is 42.0 Å². The molecule has 0 saturated carbocycles. The molecule has 1 aromatic rings. The van der Waals surface area contributed by atoms with Gasteiger partial charge in [-0.3, -0.25) is 14.4 Å². The normalized spacial score (nSPS) is 13.6. The number of allylic oxidation sites excluding steroid dienone is 1. The Hall–Kier alpha value is -3.68. The highest BCUT2D eigenvalue weighted by Crippen LogP contribution is 2.25. The molecule has 0 heterocycles. The number of hydrogen-bond acceptors (Lipinski definition) is 7. The highest BCUT2D eigenvalue weighted by Gasteiger charge is 2.47. The lowest BCUT2D eigenvalue weighted by Crippen LogP contribution is -2.56. The zero-order valence-electron chi connectivity index (χ0n) is 28.8. The van der Waals surface area contributed by atoms with Gasteiger partial charge in [-0.2, -0.15) is 0 Å². The van der Waals surface area contributed by atoms with Crippen LogP contribution in [-0.2, 0) is 25.6 Å². The summed E-state index contributed by atoms with van der Waals surface area (Å²) < 4.78 is 5.53. The summed E-state index contributed by atoms with van der Waals surface area (Å²) in [5, 5.41) is 33.2. The highest BCUT2D eigenvalue weighted by atomic mass is 16.5. The zero-order valence-corrected chi connectivity index (χ0v) is 28.8. The van der Waals surface area contributed by atoms with Gasteiger partial charge in [0.25, 0.3) is 0 Å². The van der Waals surface area contributed by atoms with Crippen LogP contribution in [0.4, 0.5) is 0 Å². The van der Waals surface area contributed by atoms with Crippen molar-refractivity contribution in [2.24, 2.45) is 5.92 Å². The quantitative estimate of drug-likeness (QED) is 0.0663. The number of rotatable bonds is 25. The minimum Gasteiger partial charge on any atom is -0.481 e. The molecule has 0 aliphatic heterocycles. The fourth-order valence-electron chi connectivity index (χ4n) is 5.17. The summed E-state index contributed by atoms with van der Waals surface area (Å²) in [6.07, 6.45) is 13.3. The van der Waals surface area contributed by atoms with Crippen molar-refractivity contribution in [2.75, 3.05) is 27.3 Å². The van der Waals surface area contributed by atoms with E-state index in [2.05, 4.69) is 24.1 Å². The van der Waals surface area contributed by atoms with Gasteiger partial charge in [-0.15, -0.1) is 5.92 Å². The van der Waals surface area contributed by atoms with E-state index in [1.807, 2.05) is 0 Å². The van der Waals surface area contributed by atoms with E-state index < -0.39 is 48.4 Å². The largest absolute Gasteiger partial charge is 0.481 e. The van der Waals surface area contributed by atoms with Crippen LogP contribution in [0.3, 0.4) is 0 Å². The van der Waals surface area contributed by atoms with E-state index in [4.69, 9.17) is 4.74 Å². The number of carbonyl (C=O) groups excluding carboxylic acids is 3. The molecule has 10 nitrogen and oxygen atoms in total. The van der Waals surface area contributed by atoms with Crippen LogP contribution in [0.2, 0.25) is 0 Å². The fourth-order valence-corrected chi connectivity index (χ4v) is 5.17. The number of aliphatic carboxylic acids is 1. The molecule has 0 bridgehead atoms. The van der Waals surface area contributed by atoms with Gasteiger partial charge in [-0.25, -0.2) is 4.79 Å². The first-order valence-corrected chi connectivity index (χ1v) is 16.9. The maximum Gasteiger partial charge on any atom is 0.336 e. The van der Waals surface area contributed by atoms with Gasteiger partial charge in [0, 0.05) is 46.4 Å². The molecule has 2 amide bonds. The van der Waals surface area contributed by atoms with E-state index in [0.29, 0.717) is 30.8 Å². The molecule has 0 aliphatic rings. The molecule has 1 rings (SSSR count). The Morgan fingerprint density at radius 3 is 2.15 bits per heavy atom. The molecule has 0 aliphatic carbocycles. The van der Waals surface area contributed by atoms with E-state index in [0.717, 1.165) is 44.1 Å². The summed E-state index contributed by atoms with van der Waals surface area (Å²) in [6, 6.07) is 5.94. The Bertz CT molecular complexity index is 1180. The third kappa shape index (κ3) is 16.1. The number of carboxylic acids is 1. The van der Waals surface area contributed by atoms with E-state index in [1.54, 1.807) is 51.4 Å². The number of benzene rings is 1. The SMILES string of the molecule is CC#CCOc1ccc(C[C@H](NC(=O)[C@@H](/C=C/CCCCCCC(=O)CCCCCCC)[C@@](O)(CCO)C(=O)O)C(=O)N(C)C)cc1. The van der Waals surface area contributed by atoms with Crippen molar-refractivity contribution in [2.45, 2.75) is 115 Å². The lowest BCUT2D eigenvalue weighted by Gasteiger charge is -2.31. The Morgan fingerprint density at radius 1 is 0.979 bits per heavy atom. The monoisotopic (exact) mass is 656 g/mol. The highest BCUT2D eigenvalue weighted by molar-refractivity contribution is 5.93. The molecule has 0 radical (unpaired) electrons. The summed E-state index contributed by atoms with van der Waals surface area (Å²) in [4.78, 5) is 52.3. The second kappa shape index (κ2) is 23.6. The second-order valence-corrected chi connectivity index (χ2v) is 12.1. The number of nitrogens with one attached hydrogen (secondary N) is 1. The number of nitrogens with zero attached hydrogens (tertiary/aromatic N) is 1. The number of carboxylic acid groups (broad SMARTS) is 1. The molecule has 4 N–H and O–H groups in total. The molecule has 1 aromatic carbocycles. The first-order chi connectivity index (χ1) is 22.5. The average Bonchev–Trinajstić information content (AvgIpc) is 3.04. The minimum atomic E-state index is -2.59. The van der Waals surface area contributed by atoms with Gasteiger partial charge in [-0.1, -0.05) is 75.7 Å². The smallest absolute Gasteiger partial charge is 0.336 e. The van der Waals surface area contributed by atoms with Gasteiger partial charge < -0.3 is 30.3 Å². The van der Waals surface area contributed by atoms with Gasteiger partial charge >= 0.3 is 5.97 Å². The predicted molar refractivity (Wildman–Crippen MR) is 183 cm³/mol. The van der Waals surface area contributed by atoms with Crippen molar-refractivity contribution in [3.63, 3.8) is 0 Å². The Labute approximate surface area is 281 Å². The number of ether oxygens (including phenoxy) is 1. The minimum absolute atomic E-state index is 0.112. The van der Waals surface area contributed by atoms with Gasteiger partial charge in [0.2, 0.25) is 11.8 Å². The van der Waals surface area contributed by atoms with E-state index in [9.17, 15) is 34.5 Å². The van der Waals surface area contributed by atoms with Crippen LogP contribution < -0.4 is 10.1 Å². The number of aliphatic hydroxyl groups excluding tert-OH is 1. The number of likely N-dealkylation sites (N-methyl/N-ethyl adjacent to an activating group) is 1. The third-order valence-corrected chi connectivity index (χ3v) is 8.03. The van der Waals surface area contributed by atoms with Gasteiger partial charge in [0.15, 0.2) is 5.60 Å². The maximum absolute atomic E-state index is 13.6. The summed E-state index contributed by atoms with van der Waals surface area (Å²) in [7, 11) is 3.10. The Morgan fingerprint density at radius 2 is 1.60 bits per heavy atom. The standard InChI is InChI=1S/C37H56N2O8/c1-5-7-9-12-15-18-30(41)19-16-13-10-11-14-17-20-32(37(46,25-26-40)36(44)45)34(42)38-33(35(43)39(3)4)28-29-21-23-31(24-22-29)47-27-8-6-2/h17,20-24,32-33,40,46H,5,7,9-16,18-19,25-28H2,1-4H3,(H,38,42)(H,44,45)/b20-17+/t32-,33+,37+/m1/s1. The number of ketones is 1. The number of Topliss-reactive ketones (excluding diaryl/α,β-unsaturated/α-hetero) is 1. The molecular formula is C37H56N2O8. The molecule has 0 saturated heterocycles. The Kier molecular flexibility index (Phi) is 20.8. The Balaban J connectivity index is 2.88. The van der Waals surface area contributed by atoms with Crippen LogP contribution in [0, 0.1) is 17.8 Å². The van der Waals surface area contributed by atoms with Crippen LogP contribution in [-0.4, -0.2) is 82.7 Å². The summed E-state index contributed by atoms with van der Waals surface area (Å²) in [5.41, 5.74) is -1.86. The molecule has 47 heavy (non-hydrogen) atoms. The second-order valence-electron chi connectivity index (χ2n) is 12.1. The number of hydrogen-bond donors (Lipinski definition) is 4. The molecule has 0 spiro atoms. The topological polar surface area (TPSA) is 153 Å². The number of carbonyl (C=O) groups is 4. The van der Waals surface area contributed by atoms with Crippen LogP contribution in [0.1, 0.15) is 103 Å². The van der Waals surface area contributed by atoms with E-state index in [1.165, 1.54) is 30.2 Å². The lowest BCUT2D eigenvalue weighted by molar-refractivity contribution is -0.168. The molecular weight excluding hydrogens is 600 g/mol. The molecule has 3 atom stereocenters. The fraction of sp³-hybridized carbons (Fsp3) is 0.622. The molecule has 10 heteroatoms. The molecule has 262 valence electrons. The zero-order chi connectivity index (χ0) is 35.1. The lowest BCUT2D eigenvalue weighted by atomic mass is 9.83. The van der Waals surface area contributed by atoms with Gasteiger partial charge in [0.05, 0.1) is 5.92 Å². The third-order valence-electron chi connectivity index (χ3n) is 8.03. The van der Waals surface area contributed by atoms with Crippen LogP contribution >= 0.6 is 0 Å². The summed E-state index contributed by atoms with van der Waals surface area (Å²) in [5.74, 6) is 2.01. The first-order valence-electron chi connectivity index (χ1n) is 16.9. The van der Waals surface area contributed by atoms with Gasteiger partial charge in [0.1, 0.15) is 24.2 Å². The van der Waals surface area contributed by atoms with Crippen molar-refractivity contribution in [1.82, 2.24) is 10.2 Å². The maximum atomic E-state index is 13.6. The number of amides is 2. The van der Waals surface area contributed by atoms with Crippen molar-refractivity contribution >= 4 is 23.6 Å². The summed E-state index contributed by atoms with van der Waals surface area (Å²) in [6.45, 7) is 3.47. The molecule has 0 aromatic heterocycles. The predicted octanol–water partition coefficient (Wildman–Crippen LogP) is 4.84. The van der Waals surface area contributed by atoms with E-state index >= 15 is 0 Å². The van der Waals surface area contributed by atoms with Crippen LogP contribution in [0.15, 0.2) is 36.4 Å². The first kappa shape index (κ1) is 41.3. The number of aliphatic hydroxyl groups is 2. The molecule has 0 unspecified atom stereocenters. The van der Waals surface area contributed by atoms with Crippen molar-refractivity contribution in [1.29, 1.82) is 0 Å². The van der Waals surface area contributed by atoms with Crippen molar-refractivity contribution < 1.29 is 39.2 Å². The van der Waals surface area contributed by atoms with Crippen LogP contribution in [0.25, 0.3) is 0 Å². The van der Waals surface area contributed by atoms with Crippen molar-refractivity contribution in [3.8, 4) is 17.6 Å². The van der Waals surface area contributed by atoms with Gasteiger partial charge in [-0.05, 0) is 50.3 Å². The van der Waals surface area contributed by atoms with Crippen LogP contribution in [0.5, 0.6) is 5.75 Å².